The smallest absolute Gasteiger partial charge is 0.167 e. The van der Waals surface area contributed by atoms with E-state index in [0.29, 0.717) is 0 Å². The topological polar surface area (TPSA) is 43.6 Å². The summed E-state index contributed by atoms with van der Waals surface area (Å²) in [6, 6.07) is 8.28. The summed E-state index contributed by atoms with van der Waals surface area (Å²) in [4.78, 5) is 14.0. The number of hydrogen-bond donors (Lipinski definition) is 0. The molecule has 0 N–H and O–H groups in total. The Labute approximate surface area is 138 Å². The third-order valence-electron chi connectivity index (χ3n) is 3.06. The molecule has 22 heavy (non-hydrogen) atoms. The fraction of sp³-hybridized carbons (Fsp3) is 0.188. The van der Waals surface area contributed by atoms with E-state index < -0.39 is 0 Å². The molecule has 0 amide bonds. The minimum absolute atomic E-state index is 0.866. The van der Waals surface area contributed by atoms with Crippen molar-refractivity contribution in [3.8, 4) is 0 Å². The van der Waals surface area contributed by atoms with Crippen LogP contribution in [0.4, 0.5) is 0 Å². The Bertz CT molecular complexity index is 728. The summed E-state index contributed by atoms with van der Waals surface area (Å²) in [5.41, 5.74) is 2.37. The molecule has 0 saturated heterocycles. The Morgan fingerprint density at radius 1 is 0.955 bits per heavy atom. The van der Waals surface area contributed by atoms with Gasteiger partial charge in [-0.3, -0.25) is 9.97 Å². The Hall–Kier alpha value is -1.79. The number of imidazole rings is 1. The van der Waals surface area contributed by atoms with Crippen LogP contribution in [0.1, 0.15) is 11.3 Å². The lowest BCUT2D eigenvalue weighted by molar-refractivity contribution is 0.790. The van der Waals surface area contributed by atoms with Crippen molar-refractivity contribution in [3.05, 3.63) is 66.5 Å². The van der Waals surface area contributed by atoms with Gasteiger partial charge in [0.2, 0.25) is 0 Å². The summed E-state index contributed by atoms with van der Waals surface area (Å²) in [5, 5.41) is 1.03. The largest absolute Gasteiger partial charge is 0.329 e. The summed E-state index contributed by atoms with van der Waals surface area (Å²) in [6.45, 7) is 0. The van der Waals surface area contributed by atoms with Gasteiger partial charge in [0, 0.05) is 54.4 Å². The Kier molecular flexibility index (Phi) is 5.13. The average Bonchev–Trinajstić information content (AvgIpc) is 2.98. The highest BCUT2D eigenvalue weighted by Crippen LogP contribution is 2.23. The zero-order valence-electron chi connectivity index (χ0n) is 12.2. The first-order valence-corrected chi connectivity index (χ1v) is 8.85. The van der Waals surface area contributed by atoms with Crippen LogP contribution in [0, 0.1) is 0 Å². The van der Waals surface area contributed by atoms with Crippen LogP contribution in [0.25, 0.3) is 0 Å². The first-order valence-electron chi connectivity index (χ1n) is 6.88. The van der Waals surface area contributed by atoms with Gasteiger partial charge >= 0.3 is 0 Å². The van der Waals surface area contributed by atoms with Gasteiger partial charge in [0.15, 0.2) is 5.16 Å². The van der Waals surface area contributed by atoms with Gasteiger partial charge in [0.1, 0.15) is 0 Å². The lowest BCUT2D eigenvalue weighted by Crippen LogP contribution is -1.92. The van der Waals surface area contributed by atoms with Crippen LogP contribution in [0.15, 0.2) is 65.3 Å². The van der Waals surface area contributed by atoms with Gasteiger partial charge < -0.3 is 4.57 Å². The summed E-state index contributed by atoms with van der Waals surface area (Å²) >= 11 is 3.51. The quantitative estimate of drug-likeness (QED) is 0.644. The molecule has 0 fully saturated rings. The maximum absolute atomic E-state index is 4.45. The standard InChI is InChI=1S/C16H16N4S2/c1-20-9-8-19-16(20)22-11-13-2-7-18-14(10-13)12-21-15-3-5-17-6-4-15/h2-10H,11-12H2,1H3. The Balaban J connectivity index is 1.59. The molecule has 0 spiro atoms. The van der Waals surface area contributed by atoms with E-state index in [9.17, 15) is 0 Å². The van der Waals surface area contributed by atoms with Crippen LogP contribution >= 0.6 is 23.5 Å². The van der Waals surface area contributed by atoms with Crippen molar-refractivity contribution < 1.29 is 0 Å². The summed E-state index contributed by atoms with van der Waals surface area (Å²) in [5.74, 6) is 1.77. The van der Waals surface area contributed by atoms with Crippen LogP contribution < -0.4 is 0 Å². The monoisotopic (exact) mass is 328 g/mol. The summed E-state index contributed by atoms with van der Waals surface area (Å²) < 4.78 is 2.03. The SMILES string of the molecule is Cn1ccnc1SCc1ccnc(CSc2ccncc2)c1. The van der Waals surface area contributed by atoms with Crippen LogP contribution in [0.5, 0.6) is 0 Å². The molecule has 6 heteroatoms. The first-order chi connectivity index (χ1) is 10.8. The third-order valence-corrected chi connectivity index (χ3v) is 5.24. The molecular weight excluding hydrogens is 312 g/mol. The molecular formula is C16H16N4S2. The number of aromatic nitrogens is 4. The van der Waals surface area contributed by atoms with Crippen LogP contribution in [-0.2, 0) is 18.6 Å². The zero-order chi connectivity index (χ0) is 15.2. The van der Waals surface area contributed by atoms with E-state index in [-0.39, 0.29) is 0 Å². The molecule has 0 bridgehead atoms. The number of nitrogens with zero attached hydrogens (tertiary/aromatic N) is 4. The fourth-order valence-corrected chi connectivity index (χ4v) is 3.59. The second-order valence-electron chi connectivity index (χ2n) is 4.74. The highest BCUT2D eigenvalue weighted by atomic mass is 32.2. The van der Waals surface area contributed by atoms with Gasteiger partial charge in [-0.25, -0.2) is 4.98 Å². The lowest BCUT2D eigenvalue weighted by Gasteiger charge is -2.05. The van der Waals surface area contributed by atoms with Crippen LogP contribution in [0.2, 0.25) is 0 Å². The molecule has 0 atom stereocenters. The van der Waals surface area contributed by atoms with E-state index in [4.69, 9.17) is 0 Å². The minimum atomic E-state index is 0.866. The predicted molar refractivity (Wildman–Crippen MR) is 90.8 cm³/mol. The number of thioether (sulfide) groups is 2. The molecule has 0 aliphatic rings. The van der Waals surface area contributed by atoms with Gasteiger partial charge in [0.25, 0.3) is 0 Å². The molecule has 3 rings (SSSR count). The number of pyridine rings is 2. The second-order valence-corrected chi connectivity index (χ2v) is 6.73. The van der Waals surface area contributed by atoms with E-state index in [1.807, 2.05) is 54.7 Å². The summed E-state index contributed by atoms with van der Waals surface area (Å²) in [6.07, 6.45) is 9.31. The van der Waals surface area contributed by atoms with Crippen molar-refractivity contribution in [3.63, 3.8) is 0 Å². The number of aryl methyl sites for hydroxylation is 1. The average molecular weight is 328 g/mol. The Morgan fingerprint density at radius 2 is 1.82 bits per heavy atom. The van der Waals surface area contributed by atoms with Gasteiger partial charge in [-0.2, -0.15) is 0 Å². The third kappa shape index (κ3) is 4.11. The van der Waals surface area contributed by atoms with Gasteiger partial charge in [-0.15, -0.1) is 11.8 Å². The molecule has 0 radical (unpaired) electrons. The van der Waals surface area contributed by atoms with Gasteiger partial charge in [-0.05, 0) is 29.8 Å². The fourth-order valence-electron chi connectivity index (χ4n) is 1.93. The first kappa shape index (κ1) is 15.1. The maximum Gasteiger partial charge on any atom is 0.167 e. The van der Waals surface area contributed by atoms with E-state index in [2.05, 4.69) is 27.1 Å². The van der Waals surface area contributed by atoms with Crippen molar-refractivity contribution in [1.29, 1.82) is 0 Å². The van der Waals surface area contributed by atoms with Crippen molar-refractivity contribution in [2.45, 2.75) is 21.6 Å². The van der Waals surface area contributed by atoms with Crippen molar-refractivity contribution in [2.75, 3.05) is 0 Å². The molecule has 0 aliphatic heterocycles. The number of hydrogen-bond acceptors (Lipinski definition) is 5. The molecule has 0 unspecified atom stereocenters. The summed E-state index contributed by atoms with van der Waals surface area (Å²) in [7, 11) is 2.01. The second kappa shape index (κ2) is 7.47. The van der Waals surface area contributed by atoms with Gasteiger partial charge in [0.05, 0.1) is 5.69 Å². The molecule has 4 nitrogen and oxygen atoms in total. The normalized spacial score (nSPS) is 10.8. The molecule has 3 aromatic rings. The molecule has 0 aliphatic carbocycles. The highest BCUT2D eigenvalue weighted by molar-refractivity contribution is 7.98. The highest BCUT2D eigenvalue weighted by Gasteiger charge is 2.03. The van der Waals surface area contributed by atoms with Crippen molar-refractivity contribution in [2.24, 2.45) is 7.05 Å². The molecule has 3 aromatic heterocycles. The zero-order valence-corrected chi connectivity index (χ0v) is 13.8. The molecule has 112 valence electrons. The van der Waals surface area contributed by atoms with E-state index in [1.165, 1.54) is 10.5 Å². The number of rotatable bonds is 6. The van der Waals surface area contributed by atoms with E-state index in [0.717, 1.165) is 22.4 Å². The van der Waals surface area contributed by atoms with Crippen LogP contribution in [-0.4, -0.2) is 19.5 Å². The van der Waals surface area contributed by atoms with Gasteiger partial charge in [-0.1, -0.05) is 11.8 Å². The molecule has 0 saturated carbocycles. The van der Waals surface area contributed by atoms with Crippen LogP contribution in [0.3, 0.4) is 0 Å². The molecule has 3 heterocycles. The molecule has 0 aromatic carbocycles. The van der Waals surface area contributed by atoms with E-state index >= 15 is 0 Å². The minimum Gasteiger partial charge on any atom is -0.329 e. The lowest BCUT2D eigenvalue weighted by atomic mass is 10.2. The Morgan fingerprint density at radius 3 is 2.59 bits per heavy atom. The predicted octanol–water partition coefficient (Wildman–Crippen LogP) is 3.79. The van der Waals surface area contributed by atoms with Crippen molar-refractivity contribution >= 4 is 23.5 Å². The maximum atomic E-state index is 4.45. The van der Waals surface area contributed by atoms with Crippen molar-refractivity contribution in [1.82, 2.24) is 19.5 Å². The van der Waals surface area contributed by atoms with E-state index in [1.54, 1.807) is 23.5 Å².